The highest BCUT2D eigenvalue weighted by atomic mass is 31.2. The van der Waals surface area contributed by atoms with Crippen molar-refractivity contribution in [1.82, 2.24) is 0 Å². The molecule has 0 amide bonds. The first-order valence-corrected chi connectivity index (χ1v) is 44.0. The van der Waals surface area contributed by atoms with Gasteiger partial charge in [0.25, 0.3) is 0 Å². The number of hydrogen-bond acceptors (Lipinski definition) is 15. The SMILES string of the molecule is CCCCCCCCCCCCCCCCCC(=O)O[C@H](COC(=O)CCCCCCC)COP(=O)(O)OC[C@H](O)COP(=O)(O)OC[C@@H](COC(=O)CCCCCCCCCCCCCCCCC(C)C)OC(=O)CCCCCCCCCCCCCCCCCCCCC(C)C. The fourth-order valence-corrected chi connectivity index (χ4v) is 13.8. The van der Waals surface area contributed by atoms with E-state index < -0.39 is 97.5 Å². The molecule has 17 nitrogen and oxygen atoms in total. The van der Waals surface area contributed by atoms with Gasteiger partial charge in [-0.3, -0.25) is 37.3 Å². The minimum atomic E-state index is -4.96. The number of rotatable bonds is 78. The average molecular weight is 1440 g/mol. The Bertz CT molecular complexity index is 1890. The zero-order valence-corrected chi connectivity index (χ0v) is 65.9. The molecule has 0 heterocycles. The van der Waals surface area contributed by atoms with Crippen LogP contribution in [0.1, 0.15) is 414 Å². The van der Waals surface area contributed by atoms with Crippen molar-refractivity contribution in [3.05, 3.63) is 0 Å². The number of ether oxygens (including phenoxy) is 4. The van der Waals surface area contributed by atoms with Crippen molar-refractivity contribution in [2.75, 3.05) is 39.6 Å². The molecule has 98 heavy (non-hydrogen) atoms. The Morgan fingerprint density at radius 2 is 0.469 bits per heavy atom. The van der Waals surface area contributed by atoms with Gasteiger partial charge in [0.1, 0.15) is 19.3 Å². The number of aliphatic hydroxyl groups excluding tert-OH is 1. The van der Waals surface area contributed by atoms with Crippen molar-refractivity contribution in [2.24, 2.45) is 11.8 Å². The third kappa shape index (κ3) is 72.4. The van der Waals surface area contributed by atoms with Crippen LogP contribution in [0.5, 0.6) is 0 Å². The zero-order chi connectivity index (χ0) is 72.1. The van der Waals surface area contributed by atoms with Crippen molar-refractivity contribution in [1.29, 1.82) is 0 Å². The lowest BCUT2D eigenvalue weighted by Crippen LogP contribution is -2.30. The molecule has 19 heteroatoms. The van der Waals surface area contributed by atoms with E-state index in [9.17, 15) is 43.2 Å². The number of unbranched alkanes of at least 4 members (excludes halogenated alkanes) is 48. The lowest BCUT2D eigenvalue weighted by Gasteiger charge is -2.21. The Kier molecular flexibility index (Phi) is 69.3. The molecule has 0 aromatic carbocycles. The van der Waals surface area contributed by atoms with Gasteiger partial charge >= 0.3 is 39.5 Å². The average Bonchev–Trinajstić information content (AvgIpc) is 0.998. The van der Waals surface area contributed by atoms with Crippen LogP contribution in [0.2, 0.25) is 0 Å². The third-order valence-electron chi connectivity index (χ3n) is 18.5. The maximum Gasteiger partial charge on any atom is 0.472 e. The third-order valence-corrected chi connectivity index (χ3v) is 20.4. The van der Waals surface area contributed by atoms with Crippen LogP contribution in [0.15, 0.2) is 0 Å². The molecule has 0 aliphatic carbocycles. The summed E-state index contributed by atoms with van der Waals surface area (Å²) in [6, 6.07) is 0. The topological polar surface area (TPSA) is 237 Å². The van der Waals surface area contributed by atoms with Gasteiger partial charge in [-0.1, -0.05) is 363 Å². The minimum Gasteiger partial charge on any atom is -0.462 e. The summed E-state index contributed by atoms with van der Waals surface area (Å²) in [4.78, 5) is 72.6. The molecule has 0 aromatic heterocycles. The lowest BCUT2D eigenvalue weighted by molar-refractivity contribution is -0.161. The van der Waals surface area contributed by atoms with Gasteiger partial charge in [-0.15, -0.1) is 0 Å². The molecule has 0 saturated carbocycles. The molecular formula is C79H154O17P2. The molecule has 0 rings (SSSR count). The monoisotopic (exact) mass is 1440 g/mol. The predicted molar refractivity (Wildman–Crippen MR) is 400 cm³/mol. The quantitative estimate of drug-likeness (QED) is 0.0222. The molecule has 0 saturated heterocycles. The molecule has 0 fully saturated rings. The first kappa shape index (κ1) is 96.1. The number of phosphoric ester groups is 2. The number of carbonyl (C=O) groups is 4. The van der Waals surface area contributed by atoms with Crippen molar-refractivity contribution >= 4 is 39.5 Å². The van der Waals surface area contributed by atoms with E-state index in [0.29, 0.717) is 25.7 Å². The van der Waals surface area contributed by atoms with Crippen molar-refractivity contribution in [3.63, 3.8) is 0 Å². The fourth-order valence-electron chi connectivity index (χ4n) is 12.2. The number of carbonyl (C=O) groups excluding carboxylic acids is 4. The van der Waals surface area contributed by atoms with E-state index in [2.05, 4.69) is 41.5 Å². The van der Waals surface area contributed by atoms with Gasteiger partial charge < -0.3 is 33.8 Å². The van der Waals surface area contributed by atoms with Crippen LogP contribution in [-0.2, 0) is 65.4 Å². The first-order valence-electron chi connectivity index (χ1n) is 41.0. The lowest BCUT2D eigenvalue weighted by atomic mass is 10.0. The van der Waals surface area contributed by atoms with Gasteiger partial charge in [-0.25, -0.2) is 9.13 Å². The summed E-state index contributed by atoms with van der Waals surface area (Å²) in [5.74, 6) is -0.502. The molecule has 0 aliphatic heterocycles. The van der Waals surface area contributed by atoms with Crippen LogP contribution >= 0.6 is 15.6 Å². The van der Waals surface area contributed by atoms with E-state index in [1.807, 2.05) is 0 Å². The highest BCUT2D eigenvalue weighted by Crippen LogP contribution is 2.45. The van der Waals surface area contributed by atoms with E-state index in [1.165, 1.54) is 225 Å². The highest BCUT2D eigenvalue weighted by Gasteiger charge is 2.30. The second-order valence-corrected chi connectivity index (χ2v) is 32.3. The van der Waals surface area contributed by atoms with Crippen molar-refractivity contribution in [3.8, 4) is 0 Å². The predicted octanol–water partition coefficient (Wildman–Crippen LogP) is 23.5. The molecule has 582 valence electrons. The first-order chi connectivity index (χ1) is 47.4. The maximum atomic E-state index is 13.1. The smallest absolute Gasteiger partial charge is 0.462 e. The Morgan fingerprint density at radius 1 is 0.276 bits per heavy atom. The highest BCUT2D eigenvalue weighted by molar-refractivity contribution is 7.47. The van der Waals surface area contributed by atoms with E-state index in [1.54, 1.807) is 0 Å². The molecule has 5 atom stereocenters. The Balaban J connectivity index is 5.12. The van der Waals surface area contributed by atoms with E-state index >= 15 is 0 Å². The molecule has 0 aliphatic rings. The minimum absolute atomic E-state index is 0.107. The van der Waals surface area contributed by atoms with Gasteiger partial charge in [0.05, 0.1) is 26.4 Å². The Hall–Kier alpha value is -1.94. The molecule has 0 spiro atoms. The van der Waals surface area contributed by atoms with E-state index in [-0.39, 0.29) is 25.7 Å². The number of esters is 4. The van der Waals surface area contributed by atoms with Crippen LogP contribution in [0.3, 0.4) is 0 Å². The van der Waals surface area contributed by atoms with Crippen molar-refractivity contribution in [2.45, 2.75) is 432 Å². The van der Waals surface area contributed by atoms with Crippen LogP contribution in [-0.4, -0.2) is 96.7 Å². The van der Waals surface area contributed by atoms with Crippen molar-refractivity contribution < 1.29 is 80.2 Å². The van der Waals surface area contributed by atoms with Crippen LogP contribution < -0.4 is 0 Å². The van der Waals surface area contributed by atoms with Gasteiger partial charge in [0, 0.05) is 25.7 Å². The van der Waals surface area contributed by atoms with E-state index in [0.717, 1.165) is 108 Å². The second kappa shape index (κ2) is 70.7. The zero-order valence-electron chi connectivity index (χ0n) is 64.1. The standard InChI is InChI=1S/C79H154O17P2/c1-7-9-11-13-14-15-16-17-22-30-35-40-45-51-57-63-78(83)95-74(67-89-76(81)61-55-47-12-10-8-2)69-93-97(85,86)91-65-73(80)66-92-98(87,88)94-70-75(68-90-77(82)62-56-50-44-39-34-29-26-25-28-33-38-43-49-54-60-72(5)6)96-79(84)64-58-52-46-41-36-31-24-21-19-18-20-23-27-32-37-42-48-53-59-71(3)4/h71-75,80H,7-70H2,1-6H3,(H,85,86)(H,87,88)/t73-,74+,75+/m0/s1. The van der Waals surface area contributed by atoms with Gasteiger partial charge in [-0.05, 0) is 37.5 Å². The second-order valence-electron chi connectivity index (χ2n) is 29.4. The summed E-state index contributed by atoms with van der Waals surface area (Å²) in [6.45, 7) is 9.59. The molecule has 3 N–H and O–H groups in total. The van der Waals surface area contributed by atoms with Crippen LogP contribution in [0.25, 0.3) is 0 Å². The molecule has 0 bridgehead atoms. The fraction of sp³-hybridized carbons (Fsp3) is 0.949. The summed E-state index contributed by atoms with van der Waals surface area (Å²) < 4.78 is 68.4. The summed E-state index contributed by atoms with van der Waals surface area (Å²) in [7, 11) is -9.91. The normalized spacial score (nSPS) is 13.9. The van der Waals surface area contributed by atoms with Crippen LogP contribution in [0.4, 0.5) is 0 Å². The summed E-state index contributed by atoms with van der Waals surface area (Å²) in [5, 5.41) is 10.6. The summed E-state index contributed by atoms with van der Waals surface area (Å²) in [6.07, 6.45) is 60.1. The molecule has 0 radical (unpaired) electrons. The summed E-state index contributed by atoms with van der Waals surface area (Å²) in [5.41, 5.74) is 0. The largest absolute Gasteiger partial charge is 0.472 e. The molecule has 0 aromatic rings. The van der Waals surface area contributed by atoms with E-state index in [4.69, 9.17) is 37.0 Å². The van der Waals surface area contributed by atoms with Crippen LogP contribution in [0, 0.1) is 11.8 Å². The Morgan fingerprint density at radius 3 is 0.694 bits per heavy atom. The number of phosphoric acid groups is 2. The Labute approximate surface area is 600 Å². The number of hydrogen-bond donors (Lipinski definition) is 3. The number of aliphatic hydroxyl groups is 1. The molecule has 2 unspecified atom stereocenters. The summed E-state index contributed by atoms with van der Waals surface area (Å²) >= 11 is 0. The van der Waals surface area contributed by atoms with Gasteiger partial charge in [-0.2, -0.15) is 0 Å². The van der Waals surface area contributed by atoms with Gasteiger partial charge in [0.15, 0.2) is 12.2 Å². The molecular weight excluding hydrogens is 1280 g/mol. The van der Waals surface area contributed by atoms with Gasteiger partial charge in [0.2, 0.25) is 0 Å². The maximum absolute atomic E-state index is 13.1.